The summed E-state index contributed by atoms with van der Waals surface area (Å²) >= 11 is 0. The minimum Gasteiger partial charge on any atom is -0.508 e. The summed E-state index contributed by atoms with van der Waals surface area (Å²) in [5.41, 5.74) is 8.51. The molecule has 486 valence electrons. The van der Waals surface area contributed by atoms with Crippen LogP contribution in [0.3, 0.4) is 0 Å². The van der Waals surface area contributed by atoms with E-state index in [1.807, 2.05) is 30.3 Å². The number of nitrogens with two attached hydrogens (primary N) is 1. The predicted molar refractivity (Wildman–Crippen MR) is 348 cm³/mol. The summed E-state index contributed by atoms with van der Waals surface area (Å²) in [6.45, 7) is 6.42. The standard InChI is InChI=1S/C61H78N10O14S5/c1-36(72)52-59(81)69-49(58(80)68-48(53(62)75)34-88-89-51-20-12-14-27-63-51)35-87-86-33-47(67-57(79)46(71-90(5,83)84)30-37-15-7-6-8-16-37)50(74)32-41(29-38-21-25-42(73)26-22-38)54(76)66-45(31-40-24-23-39-17-9-10-18-43(39)40)56(78)65-44(55(77)70-52)19-11-13-28-64-60(82)85-61(2,3)4/h6-10,12,14-18,20-22,24-27,36,41,44-49,52,71-73H,11,13,19,23,28-35H2,1-5H3,(H2,62,75)(H,64,82)(H,65,78)(H,66,76)(H,67,79)(H,68,80)(H,69,81)(H,70,77)/t36-,41-,44+,45-,46-,47+,48+,49+,52+/m1/s1. The Kier molecular flexibility index (Phi) is 27.9. The van der Waals surface area contributed by atoms with Crippen LogP contribution in [0, 0.1) is 5.92 Å². The number of allylic oxidation sites excluding steroid dienone is 1. The number of nitrogens with zero attached hydrogens (tertiary/aromatic N) is 1. The van der Waals surface area contributed by atoms with Crippen molar-refractivity contribution in [3.8, 4) is 5.75 Å². The molecule has 0 bridgehead atoms. The van der Waals surface area contributed by atoms with Gasteiger partial charge in [0.1, 0.15) is 52.6 Å². The third-order valence-electron chi connectivity index (χ3n) is 14.0. The number of aromatic hydroxyl groups is 1. The maximum absolute atomic E-state index is 15.2. The number of alkyl carbamates (subject to hydrolysis) is 1. The molecule has 2 aliphatic rings. The largest absolute Gasteiger partial charge is 0.508 e. The number of carbonyl (C=O) groups is 9. The number of aliphatic hydroxyl groups excluding tert-OH is 1. The molecule has 8 amide bonds. The fraction of sp³-hybridized carbons (Fsp3) is 0.443. The van der Waals surface area contributed by atoms with E-state index in [4.69, 9.17) is 10.5 Å². The van der Waals surface area contributed by atoms with E-state index in [1.54, 1.807) is 87.6 Å². The number of unbranched alkanes of at least 4 members (excludes halogenated alkanes) is 1. The quantitative estimate of drug-likeness (QED) is 0.0374. The number of hydrogen-bond donors (Lipinski definition) is 11. The van der Waals surface area contributed by atoms with Gasteiger partial charge in [-0.15, -0.1) is 0 Å². The van der Waals surface area contributed by atoms with Crippen molar-refractivity contribution in [2.24, 2.45) is 11.7 Å². The van der Waals surface area contributed by atoms with Gasteiger partial charge in [0, 0.05) is 48.8 Å². The van der Waals surface area contributed by atoms with E-state index in [9.17, 15) is 47.4 Å². The SMILES string of the molecule is C[C@@H](O)[C@@H]1NC(=O)[C@H](CCCCNC(=O)OC(C)(C)C)NC(=O)[C@@H](CC2=CCc3ccccc32)NC(=O)[C@H](Cc2ccc(O)cc2)CC(=O)[C@@H](NC(=O)[C@@H](Cc2ccccc2)NS(C)(=O)=O)CSSC[C@@H](C(=O)N[C@@H](CSSc2ccccn2)C(N)=O)NC1=O. The second-order valence-electron chi connectivity index (χ2n) is 22.6. The second kappa shape index (κ2) is 34.9. The number of amides is 8. The topological polar surface area (TPSA) is 373 Å². The van der Waals surface area contributed by atoms with Crippen molar-refractivity contribution in [2.75, 3.05) is 30.1 Å². The number of ether oxygens (including phenoxy) is 1. The van der Waals surface area contributed by atoms with E-state index in [1.165, 1.54) is 29.9 Å². The van der Waals surface area contributed by atoms with E-state index in [0.717, 1.165) is 49.8 Å². The zero-order valence-electron chi connectivity index (χ0n) is 50.4. The highest BCUT2D eigenvalue weighted by atomic mass is 33.1. The van der Waals surface area contributed by atoms with Gasteiger partial charge < -0.3 is 57.9 Å². The third-order valence-corrected chi connectivity index (χ3v) is 19.4. The number of carbonyl (C=O) groups excluding carboxylic acids is 9. The first-order valence-electron chi connectivity index (χ1n) is 29.0. The molecule has 0 saturated carbocycles. The van der Waals surface area contributed by atoms with Crippen LogP contribution in [0.4, 0.5) is 4.79 Å². The Labute approximate surface area is 539 Å². The Morgan fingerprint density at radius 3 is 2.16 bits per heavy atom. The van der Waals surface area contributed by atoms with E-state index in [0.29, 0.717) is 28.1 Å². The highest BCUT2D eigenvalue weighted by Crippen LogP contribution is 2.32. The van der Waals surface area contributed by atoms with E-state index < -0.39 is 130 Å². The first kappa shape index (κ1) is 71.9. The van der Waals surface area contributed by atoms with Crippen LogP contribution in [0.25, 0.3) is 5.57 Å². The van der Waals surface area contributed by atoms with Crippen LogP contribution in [-0.4, -0.2) is 161 Å². The van der Waals surface area contributed by atoms with Gasteiger partial charge in [-0.1, -0.05) is 111 Å². The number of phenols is 1. The van der Waals surface area contributed by atoms with Gasteiger partial charge in [0.25, 0.3) is 0 Å². The normalized spacial score (nSPS) is 20.9. The zero-order valence-corrected chi connectivity index (χ0v) is 54.5. The average Bonchev–Trinajstić information content (AvgIpc) is 1.80. The van der Waals surface area contributed by atoms with Crippen molar-refractivity contribution < 1.29 is 66.5 Å². The molecule has 1 aliphatic carbocycles. The number of hydrogen-bond acceptors (Lipinski definition) is 19. The number of fused-ring (bicyclic) bond motifs is 1. The highest BCUT2D eigenvalue weighted by Gasteiger charge is 2.38. The molecular formula is C61H78N10O14S5. The molecule has 1 aromatic heterocycles. The molecule has 3 aromatic carbocycles. The van der Waals surface area contributed by atoms with Crippen molar-refractivity contribution >= 4 is 112 Å². The summed E-state index contributed by atoms with van der Waals surface area (Å²) in [6.07, 6.45) is 1.88. The summed E-state index contributed by atoms with van der Waals surface area (Å²) < 4.78 is 33.3. The molecule has 24 nitrogen and oxygen atoms in total. The zero-order chi connectivity index (χ0) is 65.5. The summed E-state index contributed by atoms with van der Waals surface area (Å²) in [6, 6.07) is 16.6. The van der Waals surface area contributed by atoms with Crippen LogP contribution in [0.1, 0.15) is 82.1 Å². The van der Waals surface area contributed by atoms with Crippen LogP contribution in [0.2, 0.25) is 0 Å². The molecule has 0 radical (unpaired) electrons. The molecular weight excluding hydrogens is 1260 g/mol. The lowest BCUT2D eigenvalue weighted by atomic mass is 9.90. The monoisotopic (exact) mass is 1330 g/mol. The lowest BCUT2D eigenvalue weighted by Gasteiger charge is -2.29. The number of pyridine rings is 1. The number of aromatic nitrogens is 1. The molecule has 4 aromatic rings. The fourth-order valence-electron chi connectivity index (χ4n) is 9.49. The van der Waals surface area contributed by atoms with Crippen LogP contribution < -0.4 is 47.7 Å². The average molecular weight is 1340 g/mol. The van der Waals surface area contributed by atoms with Crippen molar-refractivity contribution in [3.05, 3.63) is 132 Å². The van der Waals surface area contributed by atoms with Crippen LogP contribution in [-0.2, 0) is 72.4 Å². The van der Waals surface area contributed by atoms with Crippen LogP contribution in [0.15, 0.2) is 114 Å². The first-order chi connectivity index (χ1) is 42.7. The Balaban J connectivity index is 1.41. The Morgan fingerprint density at radius 1 is 0.800 bits per heavy atom. The number of phenolic OH excluding ortho intramolecular Hbond substituents is 1. The lowest BCUT2D eigenvalue weighted by Crippen LogP contribution is -2.61. The van der Waals surface area contributed by atoms with Crippen molar-refractivity contribution in [3.63, 3.8) is 0 Å². The molecule has 9 atom stereocenters. The number of ketones is 1. The van der Waals surface area contributed by atoms with Gasteiger partial charge in [-0.05, 0) is 129 Å². The molecule has 29 heteroatoms. The molecule has 1 fully saturated rings. The number of nitrogens with one attached hydrogen (secondary N) is 8. The molecule has 6 rings (SSSR count). The minimum atomic E-state index is -4.05. The Morgan fingerprint density at radius 2 is 1.48 bits per heavy atom. The number of aliphatic hydroxyl groups is 1. The summed E-state index contributed by atoms with van der Waals surface area (Å²) in [7, 11) is 0.227. The summed E-state index contributed by atoms with van der Waals surface area (Å²) in [4.78, 5) is 133. The van der Waals surface area contributed by atoms with Crippen molar-refractivity contribution in [2.45, 2.75) is 138 Å². The number of Topliss-reactive ketones (excluding diaryl/α,β-unsaturated/α-hetero) is 1. The molecule has 1 saturated heterocycles. The van der Waals surface area contributed by atoms with E-state index in [2.05, 4.69) is 46.9 Å². The Bertz CT molecular complexity index is 3290. The van der Waals surface area contributed by atoms with Gasteiger partial charge in [-0.3, -0.25) is 38.4 Å². The number of primary amides is 1. The molecule has 12 N–H and O–H groups in total. The molecule has 90 heavy (non-hydrogen) atoms. The molecule has 1 aliphatic heterocycles. The highest BCUT2D eigenvalue weighted by molar-refractivity contribution is 8.77. The maximum atomic E-state index is 15.2. The first-order valence-corrected chi connectivity index (χ1v) is 35.7. The molecule has 0 unspecified atom stereocenters. The number of sulfonamides is 1. The van der Waals surface area contributed by atoms with Gasteiger partial charge in [-0.2, -0.15) is 0 Å². The molecule has 0 spiro atoms. The maximum Gasteiger partial charge on any atom is 0.407 e. The number of benzene rings is 3. The molecule has 2 heterocycles. The van der Waals surface area contributed by atoms with E-state index >= 15 is 14.4 Å². The van der Waals surface area contributed by atoms with Gasteiger partial charge in [0.05, 0.1) is 18.4 Å². The van der Waals surface area contributed by atoms with Crippen molar-refractivity contribution in [1.82, 2.24) is 46.9 Å². The minimum absolute atomic E-state index is 0.0537. The van der Waals surface area contributed by atoms with Gasteiger partial charge in [-0.25, -0.2) is 22.9 Å². The Hall–Kier alpha value is -7.15. The summed E-state index contributed by atoms with van der Waals surface area (Å²) in [5, 5.41) is 40.8. The second-order valence-corrected chi connectivity index (χ2v) is 29.3. The number of rotatable bonds is 23. The smallest absolute Gasteiger partial charge is 0.407 e. The van der Waals surface area contributed by atoms with Crippen LogP contribution >= 0.6 is 43.2 Å². The van der Waals surface area contributed by atoms with Crippen molar-refractivity contribution in [1.29, 1.82) is 0 Å². The van der Waals surface area contributed by atoms with Crippen LogP contribution in [0.5, 0.6) is 5.75 Å². The van der Waals surface area contributed by atoms with E-state index in [-0.39, 0.29) is 68.1 Å². The summed E-state index contributed by atoms with van der Waals surface area (Å²) in [5.74, 6) is -9.13. The van der Waals surface area contributed by atoms with Gasteiger partial charge >= 0.3 is 6.09 Å². The predicted octanol–water partition coefficient (Wildman–Crippen LogP) is 3.40. The third kappa shape index (κ3) is 24.2. The lowest BCUT2D eigenvalue weighted by molar-refractivity contribution is -0.137. The van der Waals surface area contributed by atoms with Gasteiger partial charge in [0.15, 0.2) is 5.78 Å². The van der Waals surface area contributed by atoms with Gasteiger partial charge in [0.2, 0.25) is 51.4 Å². The fourth-order valence-corrected chi connectivity index (χ4v) is 14.6.